The highest BCUT2D eigenvalue weighted by molar-refractivity contribution is 7.91. The van der Waals surface area contributed by atoms with E-state index in [1.54, 1.807) is 12.0 Å². The summed E-state index contributed by atoms with van der Waals surface area (Å²) in [6.07, 6.45) is 0.813. The molecule has 0 saturated carbocycles. The minimum atomic E-state index is -3.01. The Labute approximate surface area is 132 Å². The van der Waals surface area contributed by atoms with Crippen molar-refractivity contribution in [2.75, 3.05) is 31.8 Å². The first kappa shape index (κ1) is 17.0. The zero-order valence-corrected chi connectivity index (χ0v) is 13.9. The second-order valence-corrected chi connectivity index (χ2v) is 8.03. The Morgan fingerprint density at radius 3 is 2.77 bits per heavy atom. The Kier molecular flexibility index (Phi) is 5.58. The minimum Gasteiger partial charge on any atom is -0.383 e. The number of rotatable bonds is 6. The summed E-state index contributed by atoms with van der Waals surface area (Å²) in [6, 6.07) is 7.60. The van der Waals surface area contributed by atoms with E-state index < -0.39 is 9.84 Å². The predicted octanol–water partition coefficient (Wildman–Crippen LogP) is 1.20. The number of benzene rings is 1. The van der Waals surface area contributed by atoms with Crippen molar-refractivity contribution < 1.29 is 17.9 Å². The molecule has 1 aliphatic rings. The molecule has 1 atom stereocenters. The van der Waals surface area contributed by atoms with Crippen LogP contribution in [0.1, 0.15) is 17.5 Å². The second kappa shape index (κ2) is 7.24. The van der Waals surface area contributed by atoms with Crippen LogP contribution < -0.4 is 0 Å². The van der Waals surface area contributed by atoms with Gasteiger partial charge in [-0.3, -0.25) is 4.79 Å². The van der Waals surface area contributed by atoms with E-state index in [4.69, 9.17) is 4.74 Å². The van der Waals surface area contributed by atoms with Crippen LogP contribution in [-0.4, -0.2) is 57.0 Å². The average molecular weight is 325 g/mol. The number of nitrogens with zero attached hydrogens (tertiary/aromatic N) is 1. The van der Waals surface area contributed by atoms with Gasteiger partial charge in [0.25, 0.3) is 0 Å². The number of carbonyl (C=O) groups excluding carboxylic acids is 1. The molecule has 1 aromatic carbocycles. The Balaban J connectivity index is 2.09. The van der Waals surface area contributed by atoms with Gasteiger partial charge in [0.15, 0.2) is 9.84 Å². The molecule has 0 radical (unpaired) electrons. The third kappa shape index (κ3) is 4.55. The quantitative estimate of drug-likeness (QED) is 0.788. The molecule has 5 nitrogen and oxygen atoms in total. The fourth-order valence-electron chi connectivity index (χ4n) is 2.82. The summed E-state index contributed by atoms with van der Waals surface area (Å²) < 4.78 is 28.4. The maximum absolute atomic E-state index is 12.6. The molecule has 22 heavy (non-hydrogen) atoms. The highest BCUT2D eigenvalue weighted by atomic mass is 32.2. The molecule has 2 rings (SSSR count). The molecule has 1 aromatic rings. The molecule has 0 spiro atoms. The van der Waals surface area contributed by atoms with Gasteiger partial charge in [-0.2, -0.15) is 0 Å². The Hall–Kier alpha value is -1.40. The van der Waals surface area contributed by atoms with Crippen molar-refractivity contribution in [3.05, 3.63) is 35.4 Å². The molecule has 6 heteroatoms. The van der Waals surface area contributed by atoms with Crippen LogP contribution in [0.3, 0.4) is 0 Å². The van der Waals surface area contributed by atoms with Crippen LogP contribution in [0.2, 0.25) is 0 Å². The summed E-state index contributed by atoms with van der Waals surface area (Å²) in [6.45, 7) is 2.83. The van der Waals surface area contributed by atoms with Crippen LogP contribution in [-0.2, 0) is 25.8 Å². The van der Waals surface area contributed by atoms with Gasteiger partial charge in [0.2, 0.25) is 5.91 Å². The number of aryl methyl sites for hydroxylation is 1. The third-order valence-electron chi connectivity index (χ3n) is 3.94. The van der Waals surface area contributed by atoms with Crippen molar-refractivity contribution >= 4 is 15.7 Å². The van der Waals surface area contributed by atoms with Crippen molar-refractivity contribution in [2.45, 2.75) is 25.8 Å². The zero-order valence-electron chi connectivity index (χ0n) is 13.1. The molecule has 0 aromatic heterocycles. The average Bonchev–Trinajstić information content (AvgIpc) is 2.79. The normalized spacial score (nSPS) is 20.0. The van der Waals surface area contributed by atoms with Crippen molar-refractivity contribution in [1.82, 2.24) is 4.90 Å². The van der Waals surface area contributed by atoms with Crippen LogP contribution in [0.5, 0.6) is 0 Å². The zero-order chi connectivity index (χ0) is 16.2. The van der Waals surface area contributed by atoms with Gasteiger partial charge in [0, 0.05) is 19.7 Å². The molecule has 1 heterocycles. The monoisotopic (exact) mass is 325 g/mol. The molecule has 122 valence electrons. The highest BCUT2D eigenvalue weighted by Gasteiger charge is 2.34. The molecule has 1 aliphatic heterocycles. The highest BCUT2D eigenvalue weighted by Crippen LogP contribution is 2.19. The number of carbonyl (C=O) groups is 1. The SMILES string of the molecule is COCCN(C(=O)Cc1cccc(C)c1)C1CCS(=O)(=O)C1. The fourth-order valence-corrected chi connectivity index (χ4v) is 4.55. The van der Waals surface area contributed by atoms with E-state index in [1.807, 2.05) is 31.2 Å². The van der Waals surface area contributed by atoms with Crippen molar-refractivity contribution in [3.63, 3.8) is 0 Å². The molecule has 1 fully saturated rings. The summed E-state index contributed by atoms with van der Waals surface area (Å²) in [4.78, 5) is 14.3. The van der Waals surface area contributed by atoms with Gasteiger partial charge >= 0.3 is 0 Å². The van der Waals surface area contributed by atoms with E-state index >= 15 is 0 Å². The van der Waals surface area contributed by atoms with Gasteiger partial charge in [-0.1, -0.05) is 29.8 Å². The lowest BCUT2D eigenvalue weighted by molar-refractivity contribution is -0.133. The van der Waals surface area contributed by atoms with E-state index in [-0.39, 0.29) is 23.5 Å². The molecule has 0 N–H and O–H groups in total. The lowest BCUT2D eigenvalue weighted by Crippen LogP contribution is -2.43. The summed E-state index contributed by atoms with van der Waals surface area (Å²) in [5, 5.41) is 0. The van der Waals surface area contributed by atoms with E-state index in [2.05, 4.69) is 0 Å². The molecule has 1 unspecified atom stereocenters. The largest absolute Gasteiger partial charge is 0.383 e. The summed E-state index contributed by atoms with van der Waals surface area (Å²) in [7, 11) is -1.44. The molecule has 1 amide bonds. The molecule has 0 bridgehead atoms. The summed E-state index contributed by atoms with van der Waals surface area (Å²) >= 11 is 0. The topological polar surface area (TPSA) is 63.7 Å². The van der Waals surface area contributed by atoms with Gasteiger partial charge in [-0.05, 0) is 18.9 Å². The number of sulfone groups is 1. The number of hydrogen-bond donors (Lipinski definition) is 0. The number of ether oxygens (including phenoxy) is 1. The maximum Gasteiger partial charge on any atom is 0.227 e. The van der Waals surface area contributed by atoms with Gasteiger partial charge < -0.3 is 9.64 Å². The second-order valence-electron chi connectivity index (χ2n) is 5.80. The Morgan fingerprint density at radius 1 is 1.41 bits per heavy atom. The lowest BCUT2D eigenvalue weighted by atomic mass is 10.1. The van der Waals surface area contributed by atoms with Gasteiger partial charge in [0.1, 0.15) is 0 Å². The Bertz CT molecular complexity index is 627. The molecule has 0 aliphatic carbocycles. The molecular weight excluding hydrogens is 302 g/mol. The predicted molar refractivity (Wildman–Crippen MR) is 85.5 cm³/mol. The summed E-state index contributed by atoms with van der Waals surface area (Å²) in [5.74, 6) is 0.194. The lowest BCUT2D eigenvalue weighted by Gasteiger charge is -2.28. The van der Waals surface area contributed by atoms with Crippen LogP contribution in [0.15, 0.2) is 24.3 Å². The van der Waals surface area contributed by atoms with E-state index in [9.17, 15) is 13.2 Å². The van der Waals surface area contributed by atoms with Crippen LogP contribution in [0.25, 0.3) is 0 Å². The van der Waals surface area contributed by atoms with Crippen LogP contribution >= 0.6 is 0 Å². The van der Waals surface area contributed by atoms with Crippen LogP contribution in [0.4, 0.5) is 0 Å². The van der Waals surface area contributed by atoms with Crippen molar-refractivity contribution in [3.8, 4) is 0 Å². The third-order valence-corrected chi connectivity index (χ3v) is 5.69. The number of methoxy groups -OCH3 is 1. The molecule has 1 saturated heterocycles. The number of hydrogen-bond acceptors (Lipinski definition) is 4. The number of amides is 1. The van der Waals surface area contributed by atoms with E-state index in [0.29, 0.717) is 26.0 Å². The fraction of sp³-hybridized carbons (Fsp3) is 0.562. The summed E-state index contributed by atoms with van der Waals surface area (Å²) in [5.41, 5.74) is 2.06. The first-order valence-electron chi connectivity index (χ1n) is 7.45. The Morgan fingerprint density at radius 2 is 2.18 bits per heavy atom. The first-order chi connectivity index (χ1) is 10.4. The van der Waals surface area contributed by atoms with E-state index in [1.165, 1.54) is 0 Å². The van der Waals surface area contributed by atoms with Crippen molar-refractivity contribution in [2.24, 2.45) is 0 Å². The minimum absolute atomic E-state index is 0.0373. The molecular formula is C16H23NO4S. The van der Waals surface area contributed by atoms with Crippen LogP contribution in [0, 0.1) is 6.92 Å². The van der Waals surface area contributed by atoms with Gasteiger partial charge in [-0.25, -0.2) is 8.42 Å². The smallest absolute Gasteiger partial charge is 0.227 e. The van der Waals surface area contributed by atoms with Gasteiger partial charge in [0.05, 0.1) is 24.5 Å². The van der Waals surface area contributed by atoms with E-state index in [0.717, 1.165) is 11.1 Å². The van der Waals surface area contributed by atoms with Crippen molar-refractivity contribution in [1.29, 1.82) is 0 Å². The van der Waals surface area contributed by atoms with Gasteiger partial charge in [-0.15, -0.1) is 0 Å². The standard InChI is InChI=1S/C16H23NO4S/c1-13-4-3-5-14(10-13)11-16(18)17(7-8-21-2)15-6-9-22(19,20)12-15/h3-5,10,15H,6-9,11-12H2,1-2H3. The first-order valence-corrected chi connectivity index (χ1v) is 9.28. The maximum atomic E-state index is 12.6.